The molecule has 8 nitrogen and oxygen atoms in total. The molecule has 2 heterocycles. The first kappa shape index (κ1) is 21.0. The van der Waals surface area contributed by atoms with Crippen molar-refractivity contribution in [3.8, 4) is 11.5 Å². The first-order valence-corrected chi connectivity index (χ1v) is 10.1. The first-order valence-electron chi connectivity index (χ1n) is 10.1. The van der Waals surface area contributed by atoms with Gasteiger partial charge >= 0.3 is 6.61 Å². The van der Waals surface area contributed by atoms with Gasteiger partial charge in [-0.2, -0.15) is 13.8 Å². The van der Waals surface area contributed by atoms with Gasteiger partial charge in [-0.15, -0.1) is 5.10 Å². The Morgan fingerprint density at radius 2 is 2.00 bits per heavy atom. The number of hydrogen-bond donors (Lipinski definition) is 0. The maximum absolute atomic E-state index is 13.2. The molecule has 4 rings (SSSR count). The first-order chi connectivity index (χ1) is 14.9. The summed E-state index contributed by atoms with van der Waals surface area (Å²) in [5.41, 5.74) is 2.37. The van der Waals surface area contributed by atoms with E-state index in [1.807, 2.05) is 19.9 Å². The van der Waals surface area contributed by atoms with Gasteiger partial charge in [0.2, 0.25) is 5.82 Å². The van der Waals surface area contributed by atoms with Crippen LogP contribution in [0.2, 0.25) is 0 Å². The fourth-order valence-corrected chi connectivity index (χ4v) is 3.45. The Labute approximate surface area is 177 Å². The lowest BCUT2D eigenvalue weighted by atomic mass is 10.1. The molecule has 1 aliphatic carbocycles. The molecule has 0 radical (unpaired) electrons. The number of benzene rings is 1. The highest BCUT2D eigenvalue weighted by atomic mass is 19.3. The van der Waals surface area contributed by atoms with Gasteiger partial charge in [-0.05, 0) is 57.4 Å². The van der Waals surface area contributed by atoms with E-state index in [1.54, 1.807) is 28.5 Å². The maximum Gasteiger partial charge on any atom is 0.387 e. The largest absolute Gasteiger partial charge is 0.490 e. The van der Waals surface area contributed by atoms with E-state index in [0.29, 0.717) is 12.4 Å². The quantitative estimate of drug-likeness (QED) is 0.543. The molecule has 164 valence electrons. The van der Waals surface area contributed by atoms with Gasteiger partial charge in [-0.25, -0.2) is 9.50 Å². The summed E-state index contributed by atoms with van der Waals surface area (Å²) < 4.78 is 36.8. The fourth-order valence-electron chi connectivity index (χ4n) is 3.45. The van der Waals surface area contributed by atoms with Crippen LogP contribution in [0.25, 0.3) is 5.78 Å². The molecular weight excluding hydrogens is 408 g/mol. The summed E-state index contributed by atoms with van der Waals surface area (Å²) in [5, 5.41) is 4.34. The molecule has 0 unspecified atom stereocenters. The molecule has 0 spiro atoms. The minimum absolute atomic E-state index is 0.0381. The SMILES string of the molecule is CCOc1cc(CN(C(=O)c2nc3nc(C)cc(C)n3n2)C2CC2)ccc1OC(F)F. The third-order valence-electron chi connectivity index (χ3n) is 4.94. The Morgan fingerprint density at radius 1 is 1.23 bits per heavy atom. The lowest BCUT2D eigenvalue weighted by molar-refractivity contribution is -0.0514. The third kappa shape index (κ3) is 4.57. The van der Waals surface area contributed by atoms with Crippen LogP contribution in [-0.4, -0.2) is 49.6 Å². The summed E-state index contributed by atoms with van der Waals surface area (Å²) in [5.74, 6) is 0.337. The molecule has 10 heteroatoms. The van der Waals surface area contributed by atoms with Crippen LogP contribution in [-0.2, 0) is 6.54 Å². The van der Waals surface area contributed by atoms with Crippen molar-refractivity contribution in [2.75, 3.05) is 6.61 Å². The minimum Gasteiger partial charge on any atom is -0.490 e. The van der Waals surface area contributed by atoms with E-state index >= 15 is 0 Å². The van der Waals surface area contributed by atoms with Gasteiger partial charge in [0.1, 0.15) is 0 Å². The number of carbonyl (C=O) groups is 1. The second-order valence-electron chi connectivity index (χ2n) is 7.44. The summed E-state index contributed by atoms with van der Waals surface area (Å²) >= 11 is 0. The van der Waals surface area contributed by atoms with Crippen molar-refractivity contribution in [2.24, 2.45) is 0 Å². The Balaban J connectivity index is 1.60. The molecule has 1 saturated carbocycles. The summed E-state index contributed by atoms with van der Waals surface area (Å²) in [6, 6.07) is 6.65. The van der Waals surface area contributed by atoms with Crippen LogP contribution in [0, 0.1) is 13.8 Å². The number of alkyl halides is 2. The van der Waals surface area contributed by atoms with Crippen molar-refractivity contribution in [1.29, 1.82) is 0 Å². The van der Waals surface area contributed by atoms with Crippen molar-refractivity contribution < 1.29 is 23.0 Å². The Bertz CT molecular complexity index is 1110. The highest BCUT2D eigenvalue weighted by Crippen LogP contribution is 2.33. The molecule has 0 saturated heterocycles. The van der Waals surface area contributed by atoms with Crippen molar-refractivity contribution in [2.45, 2.75) is 52.8 Å². The number of aromatic nitrogens is 4. The van der Waals surface area contributed by atoms with Crippen molar-refractivity contribution in [1.82, 2.24) is 24.5 Å². The van der Waals surface area contributed by atoms with Crippen LogP contribution in [0.3, 0.4) is 0 Å². The van der Waals surface area contributed by atoms with E-state index in [9.17, 15) is 13.6 Å². The maximum atomic E-state index is 13.2. The Hall–Kier alpha value is -3.30. The summed E-state index contributed by atoms with van der Waals surface area (Å²) in [6.45, 7) is 3.12. The molecule has 2 aromatic heterocycles. The average Bonchev–Trinajstić information content (AvgIpc) is 3.45. The van der Waals surface area contributed by atoms with Crippen LogP contribution >= 0.6 is 0 Å². The van der Waals surface area contributed by atoms with E-state index in [4.69, 9.17) is 4.74 Å². The second-order valence-corrected chi connectivity index (χ2v) is 7.44. The number of amides is 1. The normalized spacial score (nSPS) is 13.6. The molecule has 1 aromatic carbocycles. The van der Waals surface area contributed by atoms with Gasteiger partial charge in [0.25, 0.3) is 11.7 Å². The van der Waals surface area contributed by atoms with E-state index in [2.05, 4.69) is 19.8 Å². The van der Waals surface area contributed by atoms with Crippen molar-refractivity contribution in [3.63, 3.8) is 0 Å². The second kappa shape index (κ2) is 8.44. The molecular formula is C21H23F2N5O3. The Kier molecular flexibility index (Phi) is 5.71. The van der Waals surface area contributed by atoms with E-state index in [0.717, 1.165) is 29.8 Å². The molecule has 0 bridgehead atoms. The standard InChI is InChI=1S/C21H23F2N5O3/c1-4-30-17-10-14(5-8-16(17)31-20(22)23)11-27(15-6-7-15)19(29)18-25-21-24-12(2)9-13(3)28(21)26-18/h5,8-10,15,20H,4,6-7,11H2,1-3H3. The molecule has 1 aliphatic rings. The zero-order valence-electron chi connectivity index (χ0n) is 17.5. The molecule has 0 atom stereocenters. The third-order valence-corrected chi connectivity index (χ3v) is 4.94. The van der Waals surface area contributed by atoms with E-state index < -0.39 is 6.61 Å². The smallest absolute Gasteiger partial charge is 0.387 e. The number of ether oxygens (including phenoxy) is 2. The lowest BCUT2D eigenvalue weighted by Gasteiger charge is -2.22. The van der Waals surface area contributed by atoms with Crippen molar-refractivity contribution >= 4 is 11.7 Å². The predicted molar refractivity (Wildman–Crippen MR) is 107 cm³/mol. The molecule has 0 aliphatic heterocycles. The summed E-state index contributed by atoms with van der Waals surface area (Å²) in [7, 11) is 0. The number of carbonyl (C=O) groups excluding carboxylic acids is 1. The number of rotatable bonds is 8. The summed E-state index contributed by atoms with van der Waals surface area (Å²) in [6.07, 6.45) is 1.78. The van der Waals surface area contributed by atoms with Crippen LogP contribution in [0.15, 0.2) is 24.3 Å². The van der Waals surface area contributed by atoms with E-state index in [1.165, 1.54) is 6.07 Å². The number of hydrogen-bond acceptors (Lipinski definition) is 6. The highest BCUT2D eigenvalue weighted by Gasteiger charge is 2.35. The molecule has 1 fully saturated rings. The van der Waals surface area contributed by atoms with Crippen LogP contribution in [0.4, 0.5) is 8.78 Å². The van der Waals surface area contributed by atoms with Crippen LogP contribution < -0.4 is 9.47 Å². The van der Waals surface area contributed by atoms with Gasteiger partial charge in [-0.3, -0.25) is 4.79 Å². The fraction of sp³-hybridized carbons (Fsp3) is 0.429. The molecule has 1 amide bonds. The van der Waals surface area contributed by atoms with Gasteiger partial charge in [0.15, 0.2) is 11.5 Å². The van der Waals surface area contributed by atoms with Gasteiger partial charge in [0.05, 0.1) is 6.61 Å². The monoisotopic (exact) mass is 431 g/mol. The molecule has 3 aromatic rings. The zero-order chi connectivity index (χ0) is 22.1. The summed E-state index contributed by atoms with van der Waals surface area (Å²) in [4.78, 5) is 23.6. The number of fused-ring (bicyclic) bond motifs is 1. The average molecular weight is 431 g/mol. The Morgan fingerprint density at radius 3 is 2.68 bits per heavy atom. The zero-order valence-corrected chi connectivity index (χ0v) is 17.5. The lowest BCUT2D eigenvalue weighted by Crippen LogP contribution is -2.33. The van der Waals surface area contributed by atoms with Crippen LogP contribution in [0.5, 0.6) is 11.5 Å². The number of nitrogens with zero attached hydrogens (tertiary/aromatic N) is 5. The molecule has 0 N–H and O–H groups in total. The number of aryl methyl sites for hydroxylation is 2. The van der Waals surface area contributed by atoms with Crippen molar-refractivity contribution in [3.05, 3.63) is 47.0 Å². The number of halogens is 2. The topological polar surface area (TPSA) is 81.9 Å². The van der Waals surface area contributed by atoms with E-state index in [-0.39, 0.29) is 35.8 Å². The molecule has 31 heavy (non-hydrogen) atoms. The van der Waals surface area contributed by atoms with Gasteiger partial charge in [0, 0.05) is 24.0 Å². The predicted octanol–water partition coefficient (Wildman–Crippen LogP) is 3.55. The minimum atomic E-state index is -2.95. The van der Waals surface area contributed by atoms with Gasteiger partial charge in [-0.1, -0.05) is 6.07 Å². The van der Waals surface area contributed by atoms with Gasteiger partial charge < -0.3 is 14.4 Å². The highest BCUT2D eigenvalue weighted by molar-refractivity contribution is 5.91. The van der Waals surface area contributed by atoms with Crippen LogP contribution in [0.1, 0.15) is 47.3 Å².